The molecule has 0 aliphatic heterocycles. The third-order valence-electron chi connectivity index (χ3n) is 1.86. The Bertz CT molecular complexity index is 1000. The molecule has 0 saturated heterocycles. The molecule has 0 spiro atoms. The van der Waals surface area contributed by atoms with Crippen LogP contribution in [0.1, 0.15) is 0 Å². The number of aliphatic carboxylic acids is 4. The normalized spacial score (nSPS) is 12.4. The zero-order chi connectivity index (χ0) is 33.4. The van der Waals surface area contributed by atoms with Gasteiger partial charge in [-0.2, -0.15) is 0 Å². The minimum atomic E-state index is -5.01. The van der Waals surface area contributed by atoms with Crippen LogP contribution in [0.4, 0.5) is 0 Å². The van der Waals surface area contributed by atoms with E-state index in [0.717, 1.165) is 0 Å². The van der Waals surface area contributed by atoms with Crippen LogP contribution in [-0.4, -0.2) is 73.7 Å². The van der Waals surface area contributed by atoms with E-state index in [0.29, 0.717) is 0 Å². The number of rotatable bonds is 12. The lowest BCUT2D eigenvalue weighted by molar-refractivity contribution is -0.218. The first-order valence-electron chi connectivity index (χ1n) is 7.97. The van der Waals surface area contributed by atoms with Crippen LogP contribution in [0.5, 0.6) is 0 Å². The summed E-state index contributed by atoms with van der Waals surface area (Å²) < 4.78 is 53.4. The molecule has 0 bridgehead atoms. The van der Waals surface area contributed by atoms with Gasteiger partial charge in [-0.25, -0.2) is 28.3 Å². The second-order valence-electron chi connectivity index (χ2n) is 5.20. The number of carboxylic acids is 4. The molecular formula is C12H26N2O24P4. The molecule has 0 aromatic rings. The second kappa shape index (κ2) is 21.3. The van der Waals surface area contributed by atoms with Crippen molar-refractivity contribution in [3.63, 3.8) is 0 Å². The molecule has 2 unspecified atom stereocenters. The van der Waals surface area contributed by atoms with E-state index >= 15 is 0 Å². The first-order chi connectivity index (χ1) is 17.3. The van der Waals surface area contributed by atoms with Crippen molar-refractivity contribution in [3.05, 3.63) is 49.4 Å². The average Bonchev–Trinajstić information content (AvgIpc) is 2.64. The highest BCUT2D eigenvalue weighted by molar-refractivity contribution is 7.46. The van der Waals surface area contributed by atoms with E-state index < -0.39 is 78.2 Å². The van der Waals surface area contributed by atoms with Gasteiger partial charge in [-0.05, 0) is 26.3 Å². The van der Waals surface area contributed by atoms with Gasteiger partial charge in [0, 0.05) is 0 Å². The molecule has 26 nitrogen and oxygen atoms in total. The summed E-state index contributed by atoms with van der Waals surface area (Å²) >= 11 is 0. The number of carbonyl (C=O) groups is 4. The molecular weight excluding hydrogens is 680 g/mol. The summed E-state index contributed by atoms with van der Waals surface area (Å²) in [5.41, 5.74) is 0. The van der Waals surface area contributed by atoms with Crippen LogP contribution in [-0.2, 0) is 55.5 Å². The highest BCUT2D eigenvalue weighted by Crippen LogP contribution is 2.39. The Morgan fingerprint density at radius 2 is 0.595 bits per heavy atom. The predicted octanol–water partition coefficient (Wildman–Crippen LogP) is -1.74. The van der Waals surface area contributed by atoms with Crippen LogP contribution < -0.4 is 22.1 Å². The smallest absolute Gasteiger partial charge is 0.525 e. The molecule has 0 aromatic carbocycles. The van der Waals surface area contributed by atoms with Gasteiger partial charge in [-0.3, -0.25) is 28.7 Å². The van der Waals surface area contributed by atoms with Crippen LogP contribution >= 0.6 is 31.3 Å². The number of carboxylic acid groups (broad SMARTS) is 4. The number of phosphoric ester groups is 4. The maximum absolute atomic E-state index is 9.89. The fourth-order valence-corrected chi connectivity index (χ4v) is 2.17. The molecule has 0 fully saturated rings. The molecule has 0 radical (unpaired) electrons. The van der Waals surface area contributed by atoms with Gasteiger partial charge in [0.05, 0.1) is 0 Å². The molecule has 0 aromatic heterocycles. The fourth-order valence-electron chi connectivity index (χ4n) is 0.722. The van der Waals surface area contributed by atoms with Gasteiger partial charge in [0.15, 0.2) is 0 Å². The van der Waals surface area contributed by atoms with Crippen LogP contribution in [0.15, 0.2) is 49.4 Å². The molecule has 2 atom stereocenters. The quantitative estimate of drug-likeness (QED) is 0.0609. The summed E-state index contributed by atoms with van der Waals surface area (Å²) in [6.07, 6.45) is 0. The molecule has 30 heteroatoms. The Hall–Kier alpha value is -3.44. The highest BCUT2D eigenvalue weighted by Gasteiger charge is 2.20. The Morgan fingerprint density at radius 1 is 0.452 bits per heavy atom. The Morgan fingerprint density at radius 3 is 0.643 bits per heavy atom. The maximum Gasteiger partial charge on any atom is 0.525 e. The van der Waals surface area contributed by atoms with Crippen molar-refractivity contribution in [1.82, 2.24) is 12.3 Å². The monoisotopic (exact) mass is 706 g/mol. The van der Waals surface area contributed by atoms with Crippen LogP contribution in [0.3, 0.4) is 0 Å². The SMILES string of the molecule is C=C(OP(=O)(O)O)C(=O)O.C=C(OP(=O)(O)O)C(=O)O.C=C(OP(=O)([O-])O)C(=O)O.C=C(OP(=O)([O-])O)C(=O)O.[NH4+].[NH4+]. The van der Waals surface area contributed by atoms with Crippen molar-refractivity contribution in [1.29, 1.82) is 0 Å². The van der Waals surface area contributed by atoms with E-state index in [1.807, 2.05) is 0 Å². The molecule has 42 heavy (non-hydrogen) atoms. The Kier molecular flexibility index (Phi) is 26.0. The summed E-state index contributed by atoms with van der Waals surface area (Å²) in [6.45, 7) is 10.8. The zero-order valence-corrected chi connectivity index (χ0v) is 24.4. The average molecular weight is 706 g/mol. The molecule has 0 heterocycles. The van der Waals surface area contributed by atoms with E-state index in [2.05, 4.69) is 44.4 Å². The molecule has 0 amide bonds. The molecule has 0 aliphatic rings. The Labute approximate surface area is 232 Å². The molecule has 0 saturated carbocycles. The molecule has 248 valence electrons. The lowest BCUT2D eigenvalue weighted by atomic mass is 10.6. The van der Waals surface area contributed by atoms with Crippen molar-refractivity contribution in [2.24, 2.45) is 0 Å². The first kappa shape index (κ1) is 51.3. The van der Waals surface area contributed by atoms with E-state index in [4.69, 9.17) is 49.8 Å². The summed E-state index contributed by atoms with van der Waals surface area (Å²) in [5, 5.41) is 31.9. The van der Waals surface area contributed by atoms with Gasteiger partial charge in [-0.15, -0.1) is 0 Å². The largest absolute Gasteiger partial charge is 0.746 e. The van der Waals surface area contributed by atoms with Crippen molar-refractivity contribution in [3.8, 4) is 0 Å². The lowest BCUT2D eigenvalue weighted by Gasteiger charge is -2.15. The van der Waals surface area contributed by atoms with Crippen molar-refractivity contribution in [2.45, 2.75) is 0 Å². The van der Waals surface area contributed by atoms with Gasteiger partial charge in [0.25, 0.3) is 0 Å². The highest BCUT2D eigenvalue weighted by atomic mass is 31.2. The van der Waals surface area contributed by atoms with Gasteiger partial charge in [0.1, 0.15) is 0 Å². The number of hydrogen-bond acceptors (Lipinski definition) is 14. The van der Waals surface area contributed by atoms with Gasteiger partial charge in [-0.1, -0.05) is 0 Å². The Balaban J connectivity index is -0.000000101. The van der Waals surface area contributed by atoms with Crippen molar-refractivity contribution in [2.75, 3.05) is 0 Å². The number of hydrogen-bond donors (Lipinski definition) is 12. The summed E-state index contributed by atoms with van der Waals surface area (Å²) in [4.78, 5) is 107. The van der Waals surface area contributed by atoms with Crippen LogP contribution in [0.25, 0.3) is 0 Å². The van der Waals surface area contributed by atoms with Crippen molar-refractivity contribution < 1.29 is 115 Å². The van der Waals surface area contributed by atoms with Gasteiger partial charge >= 0.3 is 55.2 Å². The van der Waals surface area contributed by atoms with Gasteiger partial charge < -0.3 is 70.4 Å². The lowest BCUT2D eigenvalue weighted by Crippen LogP contribution is -2.08. The van der Waals surface area contributed by atoms with E-state index in [-0.39, 0.29) is 12.3 Å². The van der Waals surface area contributed by atoms with Crippen molar-refractivity contribution >= 4 is 55.2 Å². The first-order valence-corrected chi connectivity index (χ1v) is 14.0. The van der Waals surface area contributed by atoms with Crippen LogP contribution in [0.2, 0.25) is 0 Å². The topological polar surface area (TPSA) is 495 Å². The molecule has 0 aliphatic carbocycles. The minimum Gasteiger partial charge on any atom is -0.746 e. The fraction of sp³-hybridized carbons (Fsp3) is 0. The summed E-state index contributed by atoms with van der Waals surface area (Å²) in [6, 6.07) is 0. The predicted molar refractivity (Wildman–Crippen MR) is 127 cm³/mol. The van der Waals surface area contributed by atoms with E-state index in [1.54, 1.807) is 0 Å². The molecule has 18 N–H and O–H groups in total. The van der Waals surface area contributed by atoms with E-state index in [1.165, 1.54) is 0 Å². The number of phosphoric acid groups is 4. The summed E-state index contributed by atoms with van der Waals surface area (Å²) in [7, 11) is -19.5. The standard InChI is InChI=1S/4C3H5O6P.2H3N/c4*1-2(3(4)5)9-10(6,7)8;;/h4*1H2,(H,4,5)(H2,6,7,8);2*1H3. The summed E-state index contributed by atoms with van der Waals surface area (Å²) in [5.74, 6) is -10.6. The van der Waals surface area contributed by atoms with Crippen LogP contribution in [0, 0.1) is 0 Å². The molecule has 0 rings (SSSR count). The van der Waals surface area contributed by atoms with E-state index in [9.17, 15) is 47.2 Å². The second-order valence-corrected chi connectivity index (χ2v) is 9.76. The van der Waals surface area contributed by atoms with Gasteiger partial charge in [0.2, 0.25) is 23.0 Å². The third-order valence-corrected chi connectivity index (χ3v) is 3.68. The number of quaternary nitrogens is 2. The zero-order valence-electron chi connectivity index (χ0n) is 20.8. The third kappa shape index (κ3) is 43.6. The maximum atomic E-state index is 9.89. The minimum absolute atomic E-state index is 0.